The molecule has 0 aliphatic heterocycles. The minimum Gasteiger partial charge on any atom is -0.466 e. The number of para-hydroxylation sites is 1. The van der Waals surface area contributed by atoms with Crippen LogP contribution in [0.5, 0.6) is 0 Å². The van der Waals surface area contributed by atoms with Gasteiger partial charge in [-0.2, -0.15) is 5.10 Å². The van der Waals surface area contributed by atoms with Crippen LogP contribution < -0.4 is 5.43 Å². The van der Waals surface area contributed by atoms with Crippen LogP contribution in [-0.4, -0.2) is 30.9 Å². The lowest BCUT2D eigenvalue weighted by molar-refractivity contribution is -0.150. The van der Waals surface area contributed by atoms with E-state index in [0.717, 1.165) is 16.8 Å². The van der Waals surface area contributed by atoms with E-state index in [0.29, 0.717) is 5.71 Å². The number of nitrogens with one attached hydrogen (secondary N) is 1. The van der Waals surface area contributed by atoms with Crippen molar-refractivity contribution in [2.75, 3.05) is 18.6 Å². The van der Waals surface area contributed by atoms with E-state index in [1.165, 1.54) is 0 Å². The van der Waals surface area contributed by atoms with Gasteiger partial charge in [0, 0.05) is 5.92 Å². The molecular weight excluding hydrogens is 392 g/mol. The fraction of sp³-hybridized carbons (Fsp3) is 0.320. The molecule has 6 nitrogen and oxygen atoms in total. The highest BCUT2D eigenvalue weighted by Gasteiger charge is 2.46. The van der Waals surface area contributed by atoms with Crippen molar-refractivity contribution in [3.05, 3.63) is 77.9 Å². The zero-order valence-electron chi connectivity index (χ0n) is 18.1. The summed E-state index contributed by atoms with van der Waals surface area (Å²) in [6.45, 7) is 5.92. The first kappa shape index (κ1) is 22.3. The van der Waals surface area contributed by atoms with Gasteiger partial charge in [0.2, 0.25) is 0 Å². The second kappa shape index (κ2) is 10.6. The second-order valence-electron chi connectivity index (χ2n) is 7.30. The molecule has 0 radical (unpaired) electrons. The molecule has 2 aromatic carbocycles. The summed E-state index contributed by atoms with van der Waals surface area (Å²) in [6.07, 6.45) is 1.79. The number of hydrogen-bond acceptors (Lipinski definition) is 6. The number of carbonyl (C=O) groups excluding carboxylic acids is 2. The standard InChI is InChI=1S/C25H28N2O4/c1-4-30-24(28)21-17(3)16-20(27-26-19-14-10-7-11-15-19)23(25(29)31-5-2)22(21)18-12-8-6-9-13-18/h6-16,21-23,26H,4-5H2,1-3H3/b27-20+/t21-,22+,23+/m0/s1. The Labute approximate surface area is 183 Å². The van der Waals surface area contributed by atoms with Gasteiger partial charge in [0.25, 0.3) is 0 Å². The molecule has 0 unspecified atom stereocenters. The van der Waals surface area contributed by atoms with Crippen LogP contribution in [-0.2, 0) is 19.1 Å². The number of rotatable bonds is 7. The molecule has 6 heteroatoms. The molecule has 1 N–H and O–H groups in total. The van der Waals surface area contributed by atoms with Gasteiger partial charge in [-0.1, -0.05) is 54.1 Å². The SMILES string of the molecule is CCOC(=O)[C@H]1C(C)=C/C(=N\Nc2ccccc2)[C@@H](C(=O)OCC)[C@@H]1c1ccccc1. The summed E-state index contributed by atoms with van der Waals surface area (Å²) < 4.78 is 10.8. The predicted octanol–water partition coefficient (Wildman–Crippen LogP) is 4.56. The third-order valence-corrected chi connectivity index (χ3v) is 5.26. The molecule has 3 atom stereocenters. The molecule has 0 bridgehead atoms. The largest absolute Gasteiger partial charge is 0.466 e. The average molecular weight is 421 g/mol. The molecule has 31 heavy (non-hydrogen) atoms. The summed E-state index contributed by atoms with van der Waals surface area (Å²) in [6, 6.07) is 19.0. The second-order valence-corrected chi connectivity index (χ2v) is 7.30. The van der Waals surface area contributed by atoms with Crippen molar-refractivity contribution in [1.29, 1.82) is 0 Å². The summed E-state index contributed by atoms with van der Waals surface area (Å²) in [5.41, 5.74) is 6.00. The van der Waals surface area contributed by atoms with Crippen molar-refractivity contribution in [3.63, 3.8) is 0 Å². The maximum atomic E-state index is 13.1. The molecule has 0 saturated carbocycles. The molecular formula is C25H28N2O4. The number of hydrogen-bond donors (Lipinski definition) is 1. The van der Waals surface area contributed by atoms with Crippen molar-refractivity contribution in [2.45, 2.75) is 26.7 Å². The summed E-state index contributed by atoms with van der Waals surface area (Å²) in [5.74, 6) is -2.61. The molecule has 3 rings (SSSR count). The molecule has 2 aromatic rings. The van der Waals surface area contributed by atoms with Gasteiger partial charge >= 0.3 is 11.9 Å². The number of allylic oxidation sites excluding steroid dienone is 1. The van der Waals surface area contributed by atoms with Crippen LogP contribution in [0.15, 0.2) is 77.4 Å². The number of hydrazone groups is 1. The topological polar surface area (TPSA) is 77.0 Å². The zero-order valence-corrected chi connectivity index (χ0v) is 18.1. The fourth-order valence-electron chi connectivity index (χ4n) is 3.94. The van der Waals surface area contributed by atoms with Gasteiger partial charge in [-0.25, -0.2) is 0 Å². The van der Waals surface area contributed by atoms with Gasteiger partial charge < -0.3 is 9.47 Å². The van der Waals surface area contributed by atoms with Crippen molar-refractivity contribution in [2.24, 2.45) is 16.9 Å². The van der Waals surface area contributed by atoms with E-state index in [9.17, 15) is 9.59 Å². The summed E-state index contributed by atoms with van der Waals surface area (Å²) in [5, 5.41) is 4.54. The lowest BCUT2D eigenvalue weighted by Crippen LogP contribution is -2.42. The normalized spacial score (nSPS) is 21.8. The van der Waals surface area contributed by atoms with Gasteiger partial charge in [0.1, 0.15) is 5.92 Å². The van der Waals surface area contributed by atoms with E-state index in [4.69, 9.17) is 9.47 Å². The Morgan fingerprint density at radius 2 is 1.42 bits per heavy atom. The van der Waals surface area contributed by atoms with Crippen LogP contribution in [0.1, 0.15) is 32.3 Å². The Hall–Kier alpha value is -3.41. The van der Waals surface area contributed by atoms with E-state index in [1.807, 2.05) is 67.6 Å². The van der Waals surface area contributed by atoms with E-state index in [1.54, 1.807) is 19.9 Å². The number of benzene rings is 2. The van der Waals surface area contributed by atoms with E-state index >= 15 is 0 Å². The van der Waals surface area contributed by atoms with Crippen LogP contribution in [0, 0.1) is 11.8 Å². The summed E-state index contributed by atoms with van der Waals surface area (Å²) >= 11 is 0. The molecule has 0 fully saturated rings. The van der Waals surface area contributed by atoms with Crippen molar-refractivity contribution in [1.82, 2.24) is 0 Å². The monoisotopic (exact) mass is 420 g/mol. The Morgan fingerprint density at radius 3 is 2.00 bits per heavy atom. The lowest BCUT2D eigenvalue weighted by atomic mass is 9.68. The smallest absolute Gasteiger partial charge is 0.315 e. The van der Waals surface area contributed by atoms with E-state index < -0.39 is 23.7 Å². The molecule has 1 aliphatic rings. The van der Waals surface area contributed by atoms with Crippen LogP contribution in [0.2, 0.25) is 0 Å². The Kier molecular flexibility index (Phi) is 7.60. The highest BCUT2D eigenvalue weighted by Crippen LogP contribution is 2.42. The maximum absolute atomic E-state index is 13.1. The zero-order chi connectivity index (χ0) is 22.2. The third-order valence-electron chi connectivity index (χ3n) is 5.26. The number of carbonyl (C=O) groups is 2. The van der Waals surface area contributed by atoms with Crippen molar-refractivity contribution >= 4 is 23.3 Å². The van der Waals surface area contributed by atoms with Gasteiger partial charge in [-0.3, -0.25) is 15.0 Å². The number of nitrogens with zero attached hydrogens (tertiary/aromatic N) is 1. The first-order chi connectivity index (χ1) is 15.1. The highest BCUT2D eigenvalue weighted by molar-refractivity contribution is 6.11. The number of anilines is 1. The Balaban J connectivity index is 2.11. The van der Waals surface area contributed by atoms with Crippen molar-refractivity contribution < 1.29 is 19.1 Å². The van der Waals surface area contributed by atoms with Gasteiger partial charge in [-0.05, 0) is 44.5 Å². The minimum atomic E-state index is -0.753. The summed E-state index contributed by atoms with van der Waals surface area (Å²) in [7, 11) is 0. The van der Waals surface area contributed by atoms with Gasteiger partial charge in [0.05, 0.1) is 30.5 Å². The van der Waals surface area contributed by atoms with Crippen LogP contribution >= 0.6 is 0 Å². The minimum absolute atomic E-state index is 0.239. The molecule has 0 saturated heterocycles. The predicted molar refractivity (Wildman–Crippen MR) is 121 cm³/mol. The number of ether oxygens (including phenoxy) is 2. The molecule has 0 heterocycles. The van der Waals surface area contributed by atoms with Gasteiger partial charge in [0.15, 0.2) is 0 Å². The Bertz CT molecular complexity index is 954. The van der Waals surface area contributed by atoms with Gasteiger partial charge in [-0.15, -0.1) is 0 Å². The molecule has 0 amide bonds. The first-order valence-electron chi connectivity index (χ1n) is 10.5. The highest BCUT2D eigenvalue weighted by atomic mass is 16.5. The van der Waals surface area contributed by atoms with E-state index in [-0.39, 0.29) is 19.2 Å². The lowest BCUT2D eigenvalue weighted by Gasteiger charge is -2.36. The molecule has 162 valence electrons. The molecule has 0 aromatic heterocycles. The molecule has 1 aliphatic carbocycles. The fourth-order valence-corrected chi connectivity index (χ4v) is 3.94. The average Bonchev–Trinajstić information content (AvgIpc) is 2.78. The van der Waals surface area contributed by atoms with Crippen molar-refractivity contribution in [3.8, 4) is 0 Å². The quantitative estimate of drug-likeness (QED) is 0.525. The van der Waals surface area contributed by atoms with Crippen LogP contribution in [0.3, 0.4) is 0 Å². The molecule has 0 spiro atoms. The van der Waals surface area contributed by atoms with E-state index in [2.05, 4.69) is 10.5 Å². The third kappa shape index (κ3) is 5.20. The van der Waals surface area contributed by atoms with Crippen LogP contribution in [0.25, 0.3) is 0 Å². The number of esters is 2. The Morgan fingerprint density at radius 1 is 0.871 bits per heavy atom. The first-order valence-corrected chi connectivity index (χ1v) is 10.5. The van der Waals surface area contributed by atoms with Crippen LogP contribution in [0.4, 0.5) is 5.69 Å². The maximum Gasteiger partial charge on any atom is 0.315 e. The summed E-state index contributed by atoms with van der Waals surface area (Å²) in [4.78, 5) is 26.1.